The van der Waals surface area contributed by atoms with Crippen molar-refractivity contribution in [3.05, 3.63) is 59.7 Å². The number of carbonyl (C=O) groups excluding carboxylic acids is 2. The molecule has 0 radical (unpaired) electrons. The molecule has 0 saturated carbocycles. The minimum Gasteiger partial charge on any atom is -0.487 e. The van der Waals surface area contributed by atoms with Gasteiger partial charge in [0, 0.05) is 71.2 Å². The highest BCUT2D eigenvalue weighted by molar-refractivity contribution is 5.85. The lowest BCUT2D eigenvalue weighted by atomic mass is 9.77. The molecule has 2 aliphatic heterocycles. The first-order valence-corrected chi connectivity index (χ1v) is 10.9. The SMILES string of the molecule is CC(=O)N1CCC2(CC1)C[C@@H](C(=O)NCc1ccc(N(C)C)cc1)c1ccccc1O2. The summed E-state index contributed by atoms with van der Waals surface area (Å²) in [5, 5.41) is 3.13. The second-order valence-corrected chi connectivity index (χ2v) is 8.86. The van der Waals surface area contributed by atoms with Crippen molar-refractivity contribution in [1.82, 2.24) is 10.2 Å². The van der Waals surface area contributed by atoms with E-state index >= 15 is 0 Å². The number of fused-ring (bicyclic) bond motifs is 1. The van der Waals surface area contributed by atoms with E-state index in [-0.39, 0.29) is 17.7 Å². The number of hydrogen-bond donors (Lipinski definition) is 1. The molecule has 2 aliphatic rings. The molecule has 0 aromatic heterocycles. The summed E-state index contributed by atoms with van der Waals surface area (Å²) in [6, 6.07) is 16.1. The molecule has 4 rings (SSSR count). The number of benzene rings is 2. The van der Waals surface area contributed by atoms with E-state index in [9.17, 15) is 9.59 Å². The summed E-state index contributed by atoms with van der Waals surface area (Å²) in [5.41, 5.74) is 2.76. The number of hydrogen-bond acceptors (Lipinski definition) is 4. The fourth-order valence-corrected chi connectivity index (χ4v) is 4.61. The first-order chi connectivity index (χ1) is 14.9. The lowest BCUT2D eigenvalue weighted by molar-refractivity contribution is -0.134. The molecule has 0 unspecified atom stereocenters. The predicted octanol–water partition coefficient (Wildman–Crippen LogP) is 3.32. The van der Waals surface area contributed by atoms with Crippen LogP contribution in [0.2, 0.25) is 0 Å². The molecule has 1 fully saturated rings. The fourth-order valence-electron chi connectivity index (χ4n) is 4.61. The molecule has 2 aromatic carbocycles. The van der Waals surface area contributed by atoms with E-state index in [0.717, 1.165) is 35.4 Å². The van der Waals surface area contributed by atoms with Crippen molar-refractivity contribution in [3.8, 4) is 5.75 Å². The van der Waals surface area contributed by atoms with Crippen LogP contribution in [0, 0.1) is 0 Å². The zero-order chi connectivity index (χ0) is 22.0. The van der Waals surface area contributed by atoms with Gasteiger partial charge in [0.05, 0.1) is 5.92 Å². The number of amides is 2. The molecule has 2 aromatic rings. The predicted molar refractivity (Wildman–Crippen MR) is 121 cm³/mol. The molecule has 31 heavy (non-hydrogen) atoms. The number of nitrogens with zero attached hydrogens (tertiary/aromatic N) is 2. The maximum absolute atomic E-state index is 13.3. The Morgan fingerprint density at radius 1 is 1.10 bits per heavy atom. The van der Waals surface area contributed by atoms with Gasteiger partial charge in [-0.15, -0.1) is 0 Å². The Labute approximate surface area is 184 Å². The standard InChI is InChI=1S/C25H31N3O3/c1-18(29)28-14-12-25(13-15-28)16-22(21-6-4-5-7-23(21)31-25)24(30)26-17-19-8-10-20(11-9-19)27(2)3/h4-11,22H,12-17H2,1-3H3,(H,26,30)/t22-/m1/s1. The summed E-state index contributed by atoms with van der Waals surface area (Å²) in [5.74, 6) is 0.664. The highest BCUT2D eigenvalue weighted by atomic mass is 16.5. The van der Waals surface area contributed by atoms with Gasteiger partial charge in [0.25, 0.3) is 0 Å². The van der Waals surface area contributed by atoms with Crippen LogP contribution >= 0.6 is 0 Å². The molecule has 6 nitrogen and oxygen atoms in total. The highest BCUT2D eigenvalue weighted by Gasteiger charge is 2.45. The summed E-state index contributed by atoms with van der Waals surface area (Å²) >= 11 is 0. The Hall–Kier alpha value is -3.02. The molecule has 2 amide bonds. The Morgan fingerprint density at radius 3 is 2.42 bits per heavy atom. The molecule has 1 spiro atoms. The summed E-state index contributed by atoms with van der Waals surface area (Å²) in [7, 11) is 4.02. The van der Waals surface area contributed by atoms with E-state index in [4.69, 9.17) is 4.74 Å². The van der Waals surface area contributed by atoms with Crippen LogP contribution in [0.4, 0.5) is 5.69 Å². The van der Waals surface area contributed by atoms with E-state index in [1.54, 1.807) is 6.92 Å². The summed E-state index contributed by atoms with van der Waals surface area (Å²) in [4.78, 5) is 28.9. The van der Waals surface area contributed by atoms with Gasteiger partial charge in [-0.1, -0.05) is 30.3 Å². The number of para-hydroxylation sites is 1. The van der Waals surface area contributed by atoms with E-state index in [1.807, 2.05) is 55.4 Å². The molecular weight excluding hydrogens is 390 g/mol. The second-order valence-electron chi connectivity index (χ2n) is 8.86. The van der Waals surface area contributed by atoms with E-state index in [1.165, 1.54) is 0 Å². The van der Waals surface area contributed by atoms with Crippen molar-refractivity contribution >= 4 is 17.5 Å². The Bertz CT molecular complexity index is 947. The number of carbonyl (C=O) groups is 2. The van der Waals surface area contributed by atoms with Crippen LogP contribution in [0.25, 0.3) is 0 Å². The van der Waals surface area contributed by atoms with Crippen molar-refractivity contribution in [1.29, 1.82) is 0 Å². The quantitative estimate of drug-likeness (QED) is 0.823. The van der Waals surface area contributed by atoms with Gasteiger partial charge in [0.2, 0.25) is 11.8 Å². The van der Waals surface area contributed by atoms with Crippen molar-refractivity contribution in [2.24, 2.45) is 0 Å². The zero-order valence-electron chi connectivity index (χ0n) is 18.6. The van der Waals surface area contributed by atoms with E-state index < -0.39 is 5.60 Å². The topological polar surface area (TPSA) is 61.9 Å². The van der Waals surface area contributed by atoms with Gasteiger partial charge in [0.1, 0.15) is 11.4 Å². The van der Waals surface area contributed by atoms with Gasteiger partial charge in [-0.3, -0.25) is 9.59 Å². The van der Waals surface area contributed by atoms with Crippen molar-refractivity contribution < 1.29 is 14.3 Å². The van der Waals surface area contributed by atoms with Gasteiger partial charge in [0.15, 0.2) is 0 Å². The van der Waals surface area contributed by atoms with E-state index in [2.05, 4.69) is 22.3 Å². The van der Waals surface area contributed by atoms with Gasteiger partial charge in [-0.05, 0) is 23.8 Å². The molecule has 2 heterocycles. The minimum atomic E-state index is -0.393. The molecule has 0 bridgehead atoms. The monoisotopic (exact) mass is 421 g/mol. The molecule has 0 aliphatic carbocycles. The summed E-state index contributed by atoms with van der Waals surface area (Å²) in [6.07, 6.45) is 2.13. The lowest BCUT2D eigenvalue weighted by Crippen LogP contribution is -2.52. The van der Waals surface area contributed by atoms with Crippen molar-refractivity contribution in [2.75, 3.05) is 32.1 Å². The fraction of sp³-hybridized carbons (Fsp3) is 0.440. The Kier molecular flexibility index (Phi) is 5.90. The van der Waals surface area contributed by atoms with Gasteiger partial charge < -0.3 is 19.9 Å². The summed E-state index contributed by atoms with van der Waals surface area (Å²) in [6.45, 7) is 3.45. The molecular formula is C25H31N3O3. The first-order valence-electron chi connectivity index (χ1n) is 10.9. The van der Waals surface area contributed by atoms with Gasteiger partial charge in [-0.2, -0.15) is 0 Å². The van der Waals surface area contributed by atoms with Crippen LogP contribution in [0.3, 0.4) is 0 Å². The first kappa shape index (κ1) is 21.2. The van der Waals surface area contributed by atoms with Crippen molar-refractivity contribution in [2.45, 2.75) is 44.2 Å². The average molecular weight is 422 g/mol. The third-order valence-corrected chi connectivity index (χ3v) is 6.55. The second kappa shape index (κ2) is 8.61. The normalized spacial score (nSPS) is 19.3. The Balaban J connectivity index is 1.48. The van der Waals surface area contributed by atoms with Gasteiger partial charge >= 0.3 is 0 Å². The smallest absolute Gasteiger partial charge is 0.228 e. The number of rotatable bonds is 4. The number of likely N-dealkylation sites (tertiary alicyclic amines) is 1. The molecule has 1 N–H and O–H groups in total. The number of ether oxygens (including phenoxy) is 1. The zero-order valence-corrected chi connectivity index (χ0v) is 18.6. The minimum absolute atomic E-state index is 0.0285. The highest BCUT2D eigenvalue weighted by Crippen LogP contribution is 2.45. The van der Waals surface area contributed by atoms with Gasteiger partial charge in [-0.25, -0.2) is 0 Å². The molecule has 6 heteroatoms. The van der Waals surface area contributed by atoms with Crippen molar-refractivity contribution in [3.63, 3.8) is 0 Å². The maximum Gasteiger partial charge on any atom is 0.228 e. The largest absolute Gasteiger partial charge is 0.487 e. The van der Waals surface area contributed by atoms with Crippen LogP contribution in [-0.2, 0) is 16.1 Å². The third kappa shape index (κ3) is 4.53. The third-order valence-electron chi connectivity index (χ3n) is 6.55. The van der Waals surface area contributed by atoms with E-state index in [0.29, 0.717) is 26.1 Å². The molecule has 164 valence electrons. The number of nitrogens with one attached hydrogen (secondary N) is 1. The van der Waals surface area contributed by atoms with Crippen LogP contribution < -0.4 is 15.0 Å². The number of anilines is 1. The summed E-state index contributed by atoms with van der Waals surface area (Å²) < 4.78 is 6.44. The lowest BCUT2D eigenvalue weighted by Gasteiger charge is -2.46. The molecule has 1 saturated heterocycles. The maximum atomic E-state index is 13.3. The molecule has 1 atom stereocenters. The van der Waals surface area contributed by atoms with Crippen LogP contribution in [-0.4, -0.2) is 49.5 Å². The average Bonchev–Trinajstić information content (AvgIpc) is 2.77. The van der Waals surface area contributed by atoms with Crippen LogP contribution in [0.1, 0.15) is 43.2 Å². The number of piperidine rings is 1. The van der Waals surface area contributed by atoms with Crippen LogP contribution in [0.5, 0.6) is 5.75 Å². The van der Waals surface area contributed by atoms with Crippen LogP contribution in [0.15, 0.2) is 48.5 Å². The Morgan fingerprint density at radius 2 is 1.77 bits per heavy atom.